The summed E-state index contributed by atoms with van der Waals surface area (Å²) in [5.74, 6) is 1.33. The van der Waals surface area contributed by atoms with Gasteiger partial charge in [0.15, 0.2) is 11.5 Å². The number of aliphatic hydroxyl groups excluding tert-OH is 1. The van der Waals surface area contributed by atoms with E-state index in [2.05, 4.69) is 0 Å². The first-order chi connectivity index (χ1) is 9.12. The number of ether oxygens (including phenoxy) is 2. The molecular formula is C14H21NO4. The lowest BCUT2D eigenvalue weighted by Gasteiger charge is -2.26. The van der Waals surface area contributed by atoms with Crippen LogP contribution in [0, 0.1) is 5.92 Å². The Morgan fingerprint density at radius 1 is 1.37 bits per heavy atom. The number of hydrogen-bond donors (Lipinski definition) is 3. The molecule has 4 N–H and O–H groups in total. The minimum Gasteiger partial charge on any atom is -0.493 e. The standard InChI is InChI=1S/C14H21NO4/c1-18-13-6-10(7-16)2-5-12(13)19-9-14(17,8-15)11-3-4-11/h2,5-6,11,16-17H,3-4,7-9,15H2,1H3. The van der Waals surface area contributed by atoms with Gasteiger partial charge in [0.05, 0.1) is 13.7 Å². The topological polar surface area (TPSA) is 84.9 Å². The number of hydrogen-bond acceptors (Lipinski definition) is 5. The molecule has 1 aromatic rings. The lowest BCUT2D eigenvalue weighted by atomic mass is 9.99. The van der Waals surface area contributed by atoms with Gasteiger partial charge in [-0.15, -0.1) is 0 Å². The maximum Gasteiger partial charge on any atom is 0.161 e. The molecule has 1 saturated carbocycles. The van der Waals surface area contributed by atoms with E-state index in [9.17, 15) is 5.11 Å². The number of rotatable bonds is 7. The van der Waals surface area contributed by atoms with Gasteiger partial charge in [-0.2, -0.15) is 0 Å². The molecule has 0 amide bonds. The number of benzene rings is 1. The second-order valence-corrected chi connectivity index (χ2v) is 5.01. The summed E-state index contributed by atoms with van der Waals surface area (Å²) in [7, 11) is 1.54. The van der Waals surface area contributed by atoms with Crippen LogP contribution in [0.4, 0.5) is 0 Å². The Labute approximate surface area is 113 Å². The van der Waals surface area contributed by atoms with Crippen LogP contribution in [0.25, 0.3) is 0 Å². The second-order valence-electron chi connectivity index (χ2n) is 5.01. The van der Waals surface area contributed by atoms with Gasteiger partial charge in [0.25, 0.3) is 0 Å². The fraction of sp³-hybridized carbons (Fsp3) is 0.571. The van der Waals surface area contributed by atoms with E-state index in [1.165, 1.54) is 0 Å². The van der Waals surface area contributed by atoms with Gasteiger partial charge in [0, 0.05) is 6.54 Å². The van der Waals surface area contributed by atoms with E-state index in [0.29, 0.717) is 11.5 Å². The minimum atomic E-state index is -0.958. The van der Waals surface area contributed by atoms with Gasteiger partial charge < -0.3 is 25.4 Å². The zero-order chi connectivity index (χ0) is 13.9. The predicted octanol–water partition coefficient (Wildman–Crippen LogP) is 0.666. The molecule has 5 heteroatoms. The molecule has 0 aromatic heterocycles. The summed E-state index contributed by atoms with van der Waals surface area (Å²) >= 11 is 0. The molecule has 1 aromatic carbocycles. The Morgan fingerprint density at radius 2 is 2.11 bits per heavy atom. The van der Waals surface area contributed by atoms with Crippen LogP contribution < -0.4 is 15.2 Å². The van der Waals surface area contributed by atoms with Crippen LogP contribution in [-0.2, 0) is 6.61 Å². The third kappa shape index (κ3) is 3.18. The van der Waals surface area contributed by atoms with E-state index in [-0.39, 0.29) is 25.7 Å². The lowest BCUT2D eigenvalue weighted by molar-refractivity contribution is -0.0168. The maximum atomic E-state index is 10.4. The minimum absolute atomic E-state index is 0.0501. The van der Waals surface area contributed by atoms with Gasteiger partial charge in [0.1, 0.15) is 12.2 Å². The lowest BCUT2D eigenvalue weighted by Crippen LogP contribution is -2.45. The Kier molecular flexibility index (Phi) is 4.29. The van der Waals surface area contributed by atoms with Crippen molar-refractivity contribution in [3.05, 3.63) is 23.8 Å². The summed E-state index contributed by atoms with van der Waals surface area (Å²) in [6, 6.07) is 5.21. The van der Waals surface area contributed by atoms with E-state index in [1.54, 1.807) is 25.3 Å². The monoisotopic (exact) mass is 267 g/mol. The van der Waals surface area contributed by atoms with Crippen molar-refractivity contribution in [3.8, 4) is 11.5 Å². The second kappa shape index (κ2) is 5.77. The van der Waals surface area contributed by atoms with Crippen LogP contribution >= 0.6 is 0 Å². The molecule has 5 nitrogen and oxygen atoms in total. The number of methoxy groups -OCH3 is 1. The molecule has 2 rings (SSSR count). The molecule has 1 atom stereocenters. The van der Waals surface area contributed by atoms with Gasteiger partial charge in [-0.25, -0.2) is 0 Å². The molecule has 0 saturated heterocycles. The van der Waals surface area contributed by atoms with Crippen molar-refractivity contribution in [1.29, 1.82) is 0 Å². The molecule has 0 heterocycles. The zero-order valence-corrected chi connectivity index (χ0v) is 11.1. The van der Waals surface area contributed by atoms with Crippen molar-refractivity contribution >= 4 is 0 Å². The maximum absolute atomic E-state index is 10.4. The largest absolute Gasteiger partial charge is 0.493 e. The van der Waals surface area contributed by atoms with Crippen LogP contribution in [0.1, 0.15) is 18.4 Å². The molecule has 0 radical (unpaired) electrons. The average molecular weight is 267 g/mol. The van der Waals surface area contributed by atoms with Gasteiger partial charge in [-0.3, -0.25) is 0 Å². The summed E-state index contributed by atoms with van der Waals surface area (Å²) in [6.45, 7) is 0.295. The Bertz CT molecular complexity index is 433. The summed E-state index contributed by atoms with van der Waals surface area (Å²) in [6.07, 6.45) is 2.00. The van der Waals surface area contributed by atoms with E-state index >= 15 is 0 Å². The summed E-state index contributed by atoms with van der Waals surface area (Å²) in [5.41, 5.74) is 5.43. The first-order valence-electron chi connectivity index (χ1n) is 6.46. The number of nitrogens with two attached hydrogens (primary N) is 1. The third-order valence-corrected chi connectivity index (χ3v) is 3.58. The predicted molar refractivity (Wildman–Crippen MR) is 71.1 cm³/mol. The number of aliphatic hydroxyl groups is 2. The van der Waals surface area contributed by atoms with Crippen molar-refractivity contribution in [2.24, 2.45) is 11.7 Å². The highest BCUT2D eigenvalue weighted by Crippen LogP contribution is 2.40. The zero-order valence-electron chi connectivity index (χ0n) is 11.1. The molecule has 1 unspecified atom stereocenters. The smallest absolute Gasteiger partial charge is 0.161 e. The normalized spacial score (nSPS) is 17.9. The molecule has 1 aliphatic carbocycles. The molecule has 19 heavy (non-hydrogen) atoms. The molecule has 0 spiro atoms. The highest BCUT2D eigenvalue weighted by Gasteiger charge is 2.43. The van der Waals surface area contributed by atoms with Crippen molar-refractivity contribution in [2.75, 3.05) is 20.3 Å². The van der Waals surface area contributed by atoms with Crippen molar-refractivity contribution in [1.82, 2.24) is 0 Å². The van der Waals surface area contributed by atoms with Crippen LogP contribution in [0.15, 0.2) is 18.2 Å². The SMILES string of the molecule is COc1cc(CO)ccc1OCC(O)(CN)C1CC1. The molecule has 0 aliphatic heterocycles. The van der Waals surface area contributed by atoms with Crippen LogP contribution in [0.2, 0.25) is 0 Å². The van der Waals surface area contributed by atoms with Gasteiger partial charge in [-0.1, -0.05) is 6.07 Å². The van der Waals surface area contributed by atoms with E-state index in [4.69, 9.17) is 20.3 Å². The van der Waals surface area contributed by atoms with Gasteiger partial charge in [-0.05, 0) is 36.5 Å². The van der Waals surface area contributed by atoms with Gasteiger partial charge in [0.2, 0.25) is 0 Å². The highest BCUT2D eigenvalue weighted by molar-refractivity contribution is 5.42. The Balaban J connectivity index is 2.06. The molecular weight excluding hydrogens is 246 g/mol. The third-order valence-electron chi connectivity index (χ3n) is 3.58. The Hall–Kier alpha value is -1.30. The molecule has 106 valence electrons. The van der Waals surface area contributed by atoms with Crippen LogP contribution in [0.5, 0.6) is 11.5 Å². The van der Waals surface area contributed by atoms with E-state index < -0.39 is 5.60 Å². The Morgan fingerprint density at radius 3 is 2.63 bits per heavy atom. The molecule has 0 bridgehead atoms. The van der Waals surface area contributed by atoms with Gasteiger partial charge >= 0.3 is 0 Å². The molecule has 1 fully saturated rings. The quantitative estimate of drug-likeness (QED) is 0.676. The van der Waals surface area contributed by atoms with Crippen LogP contribution in [-0.4, -0.2) is 36.1 Å². The summed E-state index contributed by atoms with van der Waals surface area (Å²) < 4.78 is 10.9. The van der Waals surface area contributed by atoms with E-state index in [0.717, 1.165) is 18.4 Å². The van der Waals surface area contributed by atoms with Crippen molar-refractivity contribution < 1.29 is 19.7 Å². The van der Waals surface area contributed by atoms with Crippen molar-refractivity contribution in [2.45, 2.75) is 25.0 Å². The summed E-state index contributed by atoms with van der Waals surface area (Å²) in [5, 5.41) is 19.4. The highest BCUT2D eigenvalue weighted by atomic mass is 16.5. The first-order valence-corrected chi connectivity index (χ1v) is 6.46. The molecule has 1 aliphatic rings. The first kappa shape index (κ1) is 14.1. The fourth-order valence-electron chi connectivity index (χ4n) is 2.10. The summed E-state index contributed by atoms with van der Waals surface area (Å²) in [4.78, 5) is 0. The van der Waals surface area contributed by atoms with Crippen molar-refractivity contribution in [3.63, 3.8) is 0 Å². The fourth-order valence-corrected chi connectivity index (χ4v) is 2.10. The van der Waals surface area contributed by atoms with Crippen LogP contribution in [0.3, 0.4) is 0 Å². The average Bonchev–Trinajstić information content (AvgIpc) is 3.29. The van der Waals surface area contributed by atoms with E-state index in [1.807, 2.05) is 0 Å².